The zero-order valence-corrected chi connectivity index (χ0v) is 16.7. The van der Waals surface area contributed by atoms with Crippen molar-refractivity contribution in [2.45, 2.75) is 13.0 Å². The van der Waals surface area contributed by atoms with Crippen LogP contribution in [0, 0.1) is 0 Å². The number of aliphatic hydroxyl groups excluding tert-OH is 1. The topological polar surface area (TPSA) is 90.9 Å². The first kappa shape index (κ1) is 18.1. The van der Waals surface area contributed by atoms with Gasteiger partial charge in [-0.15, -0.1) is 0 Å². The third kappa shape index (κ3) is 3.64. The maximum absolute atomic E-state index is 12.6. The molecule has 3 aromatic rings. The summed E-state index contributed by atoms with van der Waals surface area (Å²) < 4.78 is 13.3. The third-order valence-corrected chi connectivity index (χ3v) is 6.04. The van der Waals surface area contributed by atoms with Crippen molar-refractivity contribution in [2.24, 2.45) is 0 Å². The monoisotopic (exact) mass is 422 g/mol. The first-order chi connectivity index (χ1) is 11.8. The van der Waals surface area contributed by atoms with Crippen LogP contribution in [0.5, 0.6) is 0 Å². The van der Waals surface area contributed by atoms with Crippen LogP contribution >= 0.6 is 23.1 Å². The molecule has 132 valence electrons. The molecule has 0 radical (unpaired) electrons. The van der Waals surface area contributed by atoms with Gasteiger partial charge in [0.1, 0.15) is 7.14 Å². The van der Waals surface area contributed by atoms with Crippen LogP contribution in [0.3, 0.4) is 0 Å². The number of rotatable bonds is 5. The first-order valence-electron chi connectivity index (χ1n) is 7.87. The molecule has 1 atom stereocenters. The van der Waals surface area contributed by atoms with Crippen molar-refractivity contribution in [3.05, 3.63) is 35.1 Å². The number of aliphatic hydroxyl groups is 1. The van der Waals surface area contributed by atoms with Crippen molar-refractivity contribution in [1.29, 1.82) is 0 Å². The maximum Gasteiger partial charge on any atom is 0.223 e. The Labute approximate surface area is 154 Å². The molecule has 0 fully saturated rings. The molecule has 25 heavy (non-hydrogen) atoms. The predicted molar refractivity (Wildman–Crippen MR) is 106 cm³/mol. The van der Waals surface area contributed by atoms with E-state index in [4.69, 9.17) is 0 Å². The number of H-pyrrole nitrogens is 1. The van der Waals surface area contributed by atoms with E-state index >= 15 is 0 Å². The molecule has 0 amide bonds. The van der Waals surface area contributed by atoms with E-state index in [9.17, 15) is 9.67 Å². The lowest BCUT2D eigenvalue weighted by molar-refractivity contribution is 0.281. The van der Waals surface area contributed by atoms with Crippen LogP contribution in [0.1, 0.15) is 6.92 Å². The highest BCUT2D eigenvalue weighted by atomic mass is 79.9. The van der Waals surface area contributed by atoms with Crippen molar-refractivity contribution in [3.63, 3.8) is 0 Å². The first-order valence-corrected chi connectivity index (χ1v) is 11.3. The van der Waals surface area contributed by atoms with E-state index in [1.807, 2.05) is 31.3 Å². The van der Waals surface area contributed by atoms with Gasteiger partial charge in [0, 0.05) is 34.7 Å². The van der Waals surface area contributed by atoms with Gasteiger partial charge in [0.2, 0.25) is 5.95 Å². The number of anilines is 1. The predicted octanol–water partition coefficient (Wildman–Crippen LogP) is 3.43. The molecule has 0 aliphatic heterocycles. The van der Waals surface area contributed by atoms with E-state index in [-0.39, 0.29) is 12.6 Å². The van der Waals surface area contributed by atoms with E-state index in [0.717, 1.165) is 31.9 Å². The van der Waals surface area contributed by atoms with Gasteiger partial charge in [0.15, 0.2) is 0 Å². The fourth-order valence-corrected chi connectivity index (χ4v) is 4.25. The van der Waals surface area contributed by atoms with Crippen molar-refractivity contribution in [3.8, 4) is 11.3 Å². The smallest absolute Gasteiger partial charge is 0.223 e. The Bertz CT molecular complexity index is 966. The fourth-order valence-electron chi connectivity index (χ4n) is 2.67. The summed E-state index contributed by atoms with van der Waals surface area (Å²) in [5, 5.41) is 14.0. The van der Waals surface area contributed by atoms with Crippen molar-refractivity contribution >= 4 is 45.2 Å². The molecule has 0 aliphatic rings. The quantitative estimate of drug-likeness (QED) is 0.547. The number of hydrogen-bond donors (Lipinski definition) is 3. The summed E-state index contributed by atoms with van der Waals surface area (Å²) in [6, 6.07) is 5.65. The molecule has 0 aliphatic carbocycles. The van der Waals surface area contributed by atoms with E-state index in [2.05, 4.69) is 36.2 Å². The Kier molecular flexibility index (Phi) is 5.00. The van der Waals surface area contributed by atoms with Crippen molar-refractivity contribution in [1.82, 2.24) is 15.0 Å². The van der Waals surface area contributed by atoms with Crippen molar-refractivity contribution in [2.75, 3.05) is 25.3 Å². The SMILES string of the molecule is CC(CO)Nc1ncc(Br)c(-c2c[nH]c3c(P(C)(C)=O)cccc23)n1. The van der Waals surface area contributed by atoms with Gasteiger partial charge >= 0.3 is 0 Å². The molecule has 3 N–H and O–H groups in total. The molecule has 1 unspecified atom stereocenters. The second kappa shape index (κ2) is 6.90. The highest BCUT2D eigenvalue weighted by Gasteiger charge is 2.19. The van der Waals surface area contributed by atoms with Crippen LogP contribution in [-0.4, -0.2) is 46.0 Å². The number of para-hydroxylation sites is 1. The molecule has 0 saturated carbocycles. The summed E-state index contributed by atoms with van der Waals surface area (Å²) in [6.45, 7) is 5.37. The second-order valence-electron chi connectivity index (χ2n) is 6.37. The van der Waals surface area contributed by atoms with Gasteiger partial charge in [-0.05, 0) is 42.2 Å². The minimum Gasteiger partial charge on any atom is -0.394 e. The summed E-state index contributed by atoms with van der Waals surface area (Å²) in [4.78, 5) is 12.1. The molecule has 8 heteroatoms. The molecule has 0 bridgehead atoms. The van der Waals surface area contributed by atoms with Gasteiger partial charge in [-0.25, -0.2) is 9.97 Å². The normalized spacial score (nSPS) is 13.2. The number of aromatic amines is 1. The molecule has 0 saturated heterocycles. The van der Waals surface area contributed by atoms with Gasteiger partial charge in [0.25, 0.3) is 0 Å². The number of halogens is 1. The molecular formula is C17H20BrN4O2P. The molecule has 1 aromatic carbocycles. The number of benzene rings is 1. The summed E-state index contributed by atoms with van der Waals surface area (Å²) in [5.74, 6) is 0.446. The Morgan fingerprint density at radius 3 is 2.84 bits per heavy atom. The van der Waals surface area contributed by atoms with Crippen LogP contribution < -0.4 is 10.6 Å². The minimum atomic E-state index is -2.40. The average molecular weight is 423 g/mol. The van der Waals surface area contributed by atoms with Crippen LogP contribution in [0.4, 0.5) is 5.95 Å². The van der Waals surface area contributed by atoms with Crippen LogP contribution in [-0.2, 0) is 4.57 Å². The largest absolute Gasteiger partial charge is 0.394 e. The molecule has 6 nitrogen and oxygen atoms in total. The molecule has 2 aromatic heterocycles. The van der Waals surface area contributed by atoms with Gasteiger partial charge < -0.3 is 20.0 Å². The van der Waals surface area contributed by atoms with E-state index in [1.54, 1.807) is 19.5 Å². The maximum atomic E-state index is 12.6. The van der Waals surface area contributed by atoms with E-state index in [0.29, 0.717) is 5.95 Å². The molecule has 2 heterocycles. The van der Waals surface area contributed by atoms with Gasteiger partial charge in [-0.3, -0.25) is 0 Å². The standard InChI is InChI=1S/C17H20BrN4O2P/c1-10(9-23)21-17-20-8-13(18)15(22-17)12-7-19-16-11(12)5-4-6-14(16)25(2,3)24/h4-8,10,19,23H,9H2,1-3H3,(H,20,21,22). The van der Waals surface area contributed by atoms with Crippen LogP contribution in [0.15, 0.2) is 35.1 Å². The van der Waals surface area contributed by atoms with Gasteiger partial charge in [0.05, 0.1) is 22.3 Å². The number of hydrogen-bond acceptors (Lipinski definition) is 5. The summed E-state index contributed by atoms with van der Waals surface area (Å²) in [5.41, 5.74) is 2.50. The zero-order valence-electron chi connectivity index (χ0n) is 14.2. The van der Waals surface area contributed by atoms with Crippen LogP contribution in [0.25, 0.3) is 22.2 Å². The Balaban J connectivity index is 2.14. The Hall–Kier alpha value is -1.69. The number of aromatic nitrogens is 3. The second-order valence-corrected chi connectivity index (χ2v) is 10.4. The summed E-state index contributed by atoms with van der Waals surface area (Å²) in [6.07, 6.45) is 3.55. The lowest BCUT2D eigenvalue weighted by Gasteiger charge is -2.12. The van der Waals surface area contributed by atoms with Crippen LogP contribution in [0.2, 0.25) is 0 Å². The number of fused-ring (bicyclic) bond motifs is 1. The molecular weight excluding hydrogens is 403 g/mol. The lowest BCUT2D eigenvalue weighted by atomic mass is 10.1. The fraction of sp³-hybridized carbons (Fsp3) is 0.294. The number of nitrogens with zero attached hydrogens (tertiary/aromatic N) is 2. The average Bonchev–Trinajstić information content (AvgIpc) is 2.99. The summed E-state index contributed by atoms with van der Waals surface area (Å²) in [7, 11) is -2.40. The molecule has 3 rings (SSSR count). The zero-order chi connectivity index (χ0) is 18.2. The number of nitrogens with one attached hydrogen (secondary N) is 2. The highest BCUT2D eigenvalue weighted by molar-refractivity contribution is 9.10. The van der Waals surface area contributed by atoms with E-state index < -0.39 is 7.14 Å². The Morgan fingerprint density at radius 2 is 2.16 bits per heavy atom. The third-order valence-electron chi connectivity index (χ3n) is 3.92. The summed E-state index contributed by atoms with van der Waals surface area (Å²) >= 11 is 3.51. The highest BCUT2D eigenvalue weighted by Crippen LogP contribution is 2.39. The minimum absolute atomic E-state index is 0.00646. The van der Waals surface area contributed by atoms with E-state index in [1.165, 1.54) is 0 Å². The van der Waals surface area contributed by atoms with Crippen molar-refractivity contribution < 1.29 is 9.67 Å². The Morgan fingerprint density at radius 1 is 1.40 bits per heavy atom. The molecule has 0 spiro atoms. The van der Waals surface area contributed by atoms with Gasteiger partial charge in [-0.1, -0.05) is 12.1 Å². The van der Waals surface area contributed by atoms with Gasteiger partial charge in [-0.2, -0.15) is 0 Å². The lowest BCUT2D eigenvalue weighted by Crippen LogP contribution is -2.20.